The van der Waals surface area contributed by atoms with E-state index in [1.165, 1.54) is 0 Å². The second kappa shape index (κ2) is 10.5. The zero-order valence-corrected chi connectivity index (χ0v) is 20.9. The number of nitrogens with zero attached hydrogens (tertiary/aromatic N) is 3. The standard InChI is InChI=1S/C30H33N3O3/c1-21(2)33-19-25(18-31-33)23-13-11-22(12-14-23)20-36-29-10-6-3-7-26(29)24-15-16-32(30(35)17-24)27-8-4-5-9-28(27)34/h3,6-7,10-19,21,27-28,34H,4-5,8-9,20H2,1-2H3/t27-,28-/m0/s1. The molecule has 0 unspecified atom stereocenters. The Hall–Kier alpha value is -3.64. The lowest BCUT2D eigenvalue weighted by atomic mass is 9.92. The third-order valence-corrected chi connectivity index (χ3v) is 7.01. The van der Waals surface area contributed by atoms with E-state index in [2.05, 4.69) is 49.4 Å². The van der Waals surface area contributed by atoms with Crippen LogP contribution in [0.15, 0.2) is 84.0 Å². The van der Waals surface area contributed by atoms with Crippen LogP contribution in [-0.4, -0.2) is 25.6 Å². The maximum absolute atomic E-state index is 12.9. The lowest BCUT2D eigenvalue weighted by molar-refractivity contribution is 0.0738. The Morgan fingerprint density at radius 1 is 1.00 bits per heavy atom. The van der Waals surface area contributed by atoms with E-state index in [0.717, 1.165) is 59.3 Å². The van der Waals surface area contributed by atoms with E-state index in [0.29, 0.717) is 12.6 Å². The molecule has 0 aliphatic heterocycles. The molecule has 4 aromatic rings. The number of aromatic nitrogens is 3. The molecule has 6 heteroatoms. The topological polar surface area (TPSA) is 69.3 Å². The van der Waals surface area contributed by atoms with Crippen LogP contribution in [0, 0.1) is 0 Å². The van der Waals surface area contributed by atoms with Gasteiger partial charge < -0.3 is 14.4 Å². The first-order valence-electron chi connectivity index (χ1n) is 12.8. The van der Waals surface area contributed by atoms with Gasteiger partial charge in [-0.1, -0.05) is 55.3 Å². The summed E-state index contributed by atoms with van der Waals surface area (Å²) >= 11 is 0. The lowest BCUT2D eigenvalue weighted by Gasteiger charge is -2.29. The van der Waals surface area contributed by atoms with Gasteiger partial charge in [0, 0.05) is 35.6 Å². The molecule has 0 bridgehead atoms. The smallest absolute Gasteiger partial charge is 0.251 e. The van der Waals surface area contributed by atoms with Crippen molar-refractivity contribution in [3.8, 4) is 28.0 Å². The first-order valence-corrected chi connectivity index (χ1v) is 12.8. The zero-order chi connectivity index (χ0) is 25.1. The summed E-state index contributed by atoms with van der Waals surface area (Å²) < 4.78 is 9.84. The molecule has 1 N–H and O–H groups in total. The van der Waals surface area contributed by atoms with Gasteiger partial charge >= 0.3 is 0 Å². The number of ether oxygens (including phenoxy) is 1. The molecule has 1 fully saturated rings. The van der Waals surface area contributed by atoms with Gasteiger partial charge in [-0.05, 0) is 55.5 Å². The van der Waals surface area contributed by atoms with Crippen LogP contribution in [0.25, 0.3) is 22.3 Å². The summed E-state index contributed by atoms with van der Waals surface area (Å²) in [6.07, 6.45) is 8.94. The number of hydrogen-bond acceptors (Lipinski definition) is 4. The number of hydrogen-bond donors (Lipinski definition) is 1. The average molecular weight is 484 g/mol. The van der Waals surface area contributed by atoms with E-state index >= 15 is 0 Å². The van der Waals surface area contributed by atoms with Crippen LogP contribution in [0.1, 0.15) is 57.2 Å². The predicted octanol–water partition coefficient (Wildman–Crippen LogP) is 6.01. The summed E-state index contributed by atoms with van der Waals surface area (Å²) in [5.74, 6) is 0.731. The molecule has 36 heavy (non-hydrogen) atoms. The Balaban J connectivity index is 1.31. The Labute approximate surface area is 211 Å². The van der Waals surface area contributed by atoms with Crippen LogP contribution in [-0.2, 0) is 6.61 Å². The van der Waals surface area contributed by atoms with Gasteiger partial charge in [0.05, 0.1) is 18.3 Å². The minimum Gasteiger partial charge on any atom is -0.488 e. The highest BCUT2D eigenvalue weighted by Gasteiger charge is 2.25. The third kappa shape index (κ3) is 5.14. The van der Waals surface area contributed by atoms with Crippen LogP contribution < -0.4 is 10.3 Å². The second-order valence-electron chi connectivity index (χ2n) is 9.86. The second-order valence-corrected chi connectivity index (χ2v) is 9.86. The van der Waals surface area contributed by atoms with Crippen molar-refractivity contribution in [3.05, 3.63) is 95.2 Å². The van der Waals surface area contributed by atoms with Crippen molar-refractivity contribution in [3.63, 3.8) is 0 Å². The molecule has 0 spiro atoms. The molecule has 2 atom stereocenters. The number of aliphatic hydroxyl groups excluding tert-OH is 1. The monoisotopic (exact) mass is 483 g/mol. The minimum atomic E-state index is -0.462. The van der Waals surface area contributed by atoms with Crippen molar-refractivity contribution < 1.29 is 9.84 Å². The van der Waals surface area contributed by atoms with Gasteiger partial charge in [0.15, 0.2) is 0 Å². The highest BCUT2D eigenvalue weighted by Crippen LogP contribution is 2.32. The maximum Gasteiger partial charge on any atom is 0.251 e. The molecule has 1 aliphatic rings. The molecule has 1 saturated carbocycles. The predicted molar refractivity (Wildman–Crippen MR) is 142 cm³/mol. The van der Waals surface area contributed by atoms with Gasteiger partial charge in [0.2, 0.25) is 0 Å². The largest absolute Gasteiger partial charge is 0.488 e. The van der Waals surface area contributed by atoms with Gasteiger partial charge in [-0.15, -0.1) is 0 Å². The average Bonchev–Trinajstić information content (AvgIpc) is 3.39. The number of rotatable bonds is 7. The van der Waals surface area contributed by atoms with Crippen molar-refractivity contribution in [2.45, 2.75) is 64.3 Å². The van der Waals surface area contributed by atoms with Gasteiger partial charge in [0.25, 0.3) is 5.56 Å². The van der Waals surface area contributed by atoms with Crippen molar-refractivity contribution >= 4 is 0 Å². The first-order chi connectivity index (χ1) is 17.5. The van der Waals surface area contributed by atoms with E-state index < -0.39 is 6.10 Å². The fourth-order valence-electron chi connectivity index (χ4n) is 4.90. The van der Waals surface area contributed by atoms with Gasteiger partial charge in [-0.25, -0.2) is 0 Å². The Kier molecular flexibility index (Phi) is 7.05. The number of para-hydroxylation sites is 1. The van der Waals surface area contributed by atoms with Crippen molar-refractivity contribution in [1.82, 2.24) is 14.3 Å². The summed E-state index contributed by atoms with van der Waals surface area (Å²) in [5.41, 5.74) is 4.88. The number of aliphatic hydroxyl groups is 1. The number of benzene rings is 2. The molecule has 0 radical (unpaired) electrons. The third-order valence-electron chi connectivity index (χ3n) is 7.01. The van der Waals surface area contributed by atoms with Crippen LogP contribution in [0.3, 0.4) is 0 Å². The van der Waals surface area contributed by atoms with E-state index in [1.807, 2.05) is 47.4 Å². The maximum atomic E-state index is 12.9. The van der Waals surface area contributed by atoms with Crippen LogP contribution >= 0.6 is 0 Å². The molecule has 0 saturated heterocycles. The van der Waals surface area contributed by atoms with E-state index in [-0.39, 0.29) is 11.6 Å². The van der Waals surface area contributed by atoms with Gasteiger partial charge in [-0.2, -0.15) is 5.10 Å². The summed E-state index contributed by atoms with van der Waals surface area (Å²) in [4.78, 5) is 12.9. The molecule has 2 heterocycles. The van der Waals surface area contributed by atoms with Crippen LogP contribution in [0.4, 0.5) is 0 Å². The SMILES string of the molecule is CC(C)n1cc(-c2ccc(COc3ccccc3-c3ccn([C@H]4CCCC[C@@H]4O)c(=O)c3)cc2)cn1. The van der Waals surface area contributed by atoms with Gasteiger partial charge in [-0.3, -0.25) is 9.48 Å². The fourth-order valence-corrected chi connectivity index (χ4v) is 4.90. The van der Waals surface area contributed by atoms with E-state index in [1.54, 1.807) is 10.6 Å². The Morgan fingerprint density at radius 2 is 1.78 bits per heavy atom. The van der Waals surface area contributed by atoms with Crippen LogP contribution in [0.2, 0.25) is 0 Å². The molecule has 6 nitrogen and oxygen atoms in total. The highest BCUT2D eigenvalue weighted by molar-refractivity contribution is 5.70. The van der Waals surface area contributed by atoms with Gasteiger partial charge in [0.1, 0.15) is 12.4 Å². The summed E-state index contributed by atoms with van der Waals surface area (Å²) in [7, 11) is 0. The molecule has 186 valence electrons. The Bertz CT molecular complexity index is 1370. The number of pyridine rings is 1. The van der Waals surface area contributed by atoms with E-state index in [9.17, 15) is 9.90 Å². The van der Waals surface area contributed by atoms with Crippen molar-refractivity contribution in [2.75, 3.05) is 0 Å². The molecule has 0 amide bonds. The lowest BCUT2D eigenvalue weighted by Crippen LogP contribution is -2.34. The fraction of sp³-hybridized carbons (Fsp3) is 0.333. The molecular formula is C30H33N3O3. The zero-order valence-electron chi connectivity index (χ0n) is 20.9. The van der Waals surface area contributed by atoms with E-state index in [4.69, 9.17) is 4.74 Å². The normalized spacial score (nSPS) is 17.9. The first kappa shape index (κ1) is 24.1. The van der Waals surface area contributed by atoms with Crippen LogP contribution in [0.5, 0.6) is 5.75 Å². The highest BCUT2D eigenvalue weighted by atomic mass is 16.5. The minimum absolute atomic E-state index is 0.0929. The molecule has 2 aromatic carbocycles. The molecule has 1 aliphatic carbocycles. The summed E-state index contributed by atoms with van der Waals surface area (Å²) in [6.45, 7) is 4.65. The quantitative estimate of drug-likeness (QED) is 0.349. The Morgan fingerprint density at radius 3 is 2.50 bits per heavy atom. The summed E-state index contributed by atoms with van der Waals surface area (Å²) in [5, 5.41) is 14.8. The van der Waals surface area contributed by atoms with Crippen molar-refractivity contribution in [2.24, 2.45) is 0 Å². The molecule has 5 rings (SSSR count). The summed E-state index contributed by atoms with van der Waals surface area (Å²) in [6, 6.07) is 19.9. The van der Waals surface area contributed by atoms with Crippen molar-refractivity contribution in [1.29, 1.82) is 0 Å². The molecular weight excluding hydrogens is 450 g/mol. The molecule has 2 aromatic heterocycles.